The molecule has 0 saturated heterocycles. The Morgan fingerprint density at radius 1 is 1.35 bits per heavy atom. The normalized spacial score (nSPS) is 13.5. The molecule has 1 heterocycles. The number of hydrogen-bond acceptors (Lipinski definition) is 3. The van der Waals surface area contributed by atoms with Crippen LogP contribution in [-0.2, 0) is 19.6 Å². The number of aromatic nitrogens is 3. The number of rotatable bonds is 3. The monoisotopic (exact) mass is 289 g/mol. The fourth-order valence-electron chi connectivity index (χ4n) is 1.77. The molecule has 0 spiro atoms. The molecule has 0 aliphatic rings. The molecular weight excluding hydrogens is 278 g/mol. The molecule has 0 aliphatic heterocycles. The van der Waals surface area contributed by atoms with Crippen molar-refractivity contribution in [1.29, 1.82) is 0 Å². The average molecular weight is 289 g/mol. The van der Waals surface area contributed by atoms with E-state index in [0.29, 0.717) is 17.8 Å². The van der Waals surface area contributed by atoms with Crippen LogP contribution in [-0.4, -0.2) is 20.1 Å². The second-order valence-corrected chi connectivity index (χ2v) is 4.34. The molecule has 0 fully saturated rings. The van der Waals surface area contributed by atoms with E-state index in [1.807, 2.05) is 0 Å². The predicted octanol–water partition coefficient (Wildman–Crippen LogP) is 2.25. The number of aryl methyl sites for hydroxylation is 1. The Hall–Kier alpha value is -1.96. The molecule has 1 aromatic carbocycles. The first-order chi connectivity index (χ1) is 9.27. The zero-order valence-electron chi connectivity index (χ0n) is 10.4. The fraction of sp³-hybridized carbons (Fsp3) is 0.333. The Balaban J connectivity index is 2.24. The van der Waals surface area contributed by atoms with Crippen LogP contribution in [0.25, 0.3) is 0 Å². The Morgan fingerprint density at radius 2 is 2.05 bits per heavy atom. The number of aliphatic hydroxyl groups is 1. The van der Waals surface area contributed by atoms with E-state index in [4.69, 9.17) is 0 Å². The molecule has 2 aromatic rings. The number of hydrogen-bond donors (Lipinski definition) is 1. The van der Waals surface area contributed by atoms with E-state index in [1.54, 1.807) is 7.05 Å². The van der Waals surface area contributed by atoms with Gasteiger partial charge in [0.25, 0.3) is 0 Å². The summed E-state index contributed by atoms with van der Waals surface area (Å²) >= 11 is 0. The lowest BCUT2D eigenvalue weighted by Crippen LogP contribution is -2.11. The van der Waals surface area contributed by atoms with E-state index < -0.39 is 23.7 Å². The van der Waals surface area contributed by atoms with E-state index in [1.165, 1.54) is 10.9 Å². The van der Waals surface area contributed by atoms with Crippen LogP contribution in [0.4, 0.5) is 17.6 Å². The summed E-state index contributed by atoms with van der Waals surface area (Å²) in [6, 6.07) is 2.42. The standard InChI is InChI=1S/C12H11F4N3O/c1-19-6-8(17-18-19)5-11(20)7-2-3-10(13)9(4-7)12(14,15)16/h2-4,6,11,20H,5H2,1H3. The van der Waals surface area contributed by atoms with E-state index in [2.05, 4.69) is 10.3 Å². The van der Waals surface area contributed by atoms with Crippen LogP contribution in [0.1, 0.15) is 22.9 Å². The zero-order valence-corrected chi connectivity index (χ0v) is 10.4. The van der Waals surface area contributed by atoms with Crippen LogP contribution < -0.4 is 0 Å². The SMILES string of the molecule is Cn1cc(CC(O)c2ccc(F)c(C(F)(F)F)c2)nn1. The van der Waals surface area contributed by atoms with Crippen LogP contribution in [0.2, 0.25) is 0 Å². The molecular formula is C12H11F4N3O. The summed E-state index contributed by atoms with van der Waals surface area (Å²) in [5.41, 5.74) is -0.990. The summed E-state index contributed by atoms with van der Waals surface area (Å²) in [5.74, 6) is -1.37. The minimum Gasteiger partial charge on any atom is -0.388 e. The smallest absolute Gasteiger partial charge is 0.388 e. The van der Waals surface area contributed by atoms with Crippen LogP contribution in [0.3, 0.4) is 0 Å². The molecule has 1 atom stereocenters. The average Bonchev–Trinajstić information content (AvgIpc) is 2.73. The minimum absolute atomic E-state index is 0.00320. The first-order valence-corrected chi connectivity index (χ1v) is 5.67. The van der Waals surface area contributed by atoms with E-state index in [0.717, 1.165) is 6.07 Å². The second-order valence-electron chi connectivity index (χ2n) is 4.34. The summed E-state index contributed by atoms with van der Waals surface area (Å²) in [6.45, 7) is 0. The number of aliphatic hydroxyl groups excluding tert-OH is 1. The topological polar surface area (TPSA) is 50.9 Å². The lowest BCUT2D eigenvalue weighted by molar-refractivity contribution is -0.140. The number of benzene rings is 1. The largest absolute Gasteiger partial charge is 0.419 e. The molecule has 4 nitrogen and oxygen atoms in total. The Bertz CT molecular complexity index is 609. The molecule has 2 rings (SSSR count). The summed E-state index contributed by atoms with van der Waals surface area (Å²) in [5, 5.41) is 17.3. The lowest BCUT2D eigenvalue weighted by Gasteiger charge is -2.13. The van der Waals surface area contributed by atoms with Gasteiger partial charge in [0.2, 0.25) is 0 Å². The van der Waals surface area contributed by atoms with Crippen LogP contribution >= 0.6 is 0 Å². The Morgan fingerprint density at radius 3 is 2.60 bits per heavy atom. The molecule has 0 radical (unpaired) electrons. The number of halogens is 4. The second kappa shape index (κ2) is 5.20. The summed E-state index contributed by atoms with van der Waals surface area (Å²) in [4.78, 5) is 0. The van der Waals surface area contributed by atoms with Gasteiger partial charge in [0.1, 0.15) is 5.82 Å². The van der Waals surface area contributed by atoms with Gasteiger partial charge in [-0.25, -0.2) is 4.39 Å². The van der Waals surface area contributed by atoms with Crippen molar-refractivity contribution in [1.82, 2.24) is 15.0 Å². The van der Waals surface area contributed by atoms with Gasteiger partial charge in [0.05, 0.1) is 17.4 Å². The van der Waals surface area contributed by atoms with Crippen molar-refractivity contribution in [3.8, 4) is 0 Å². The molecule has 1 N–H and O–H groups in total. The van der Waals surface area contributed by atoms with Gasteiger partial charge in [-0.3, -0.25) is 4.68 Å². The maximum absolute atomic E-state index is 13.1. The van der Waals surface area contributed by atoms with Crippen molar-refractivity contribution in [3.05, 3.63) is 47.0 Å². The van der Waals surface area contributed by atoms with Gasteiger partial charge in [-0.15, -0.1) is 5.10 Å². The van der Waals surface area contributed by atoms with Gasteiger partial charge in [0.15, 0.2) is 0 Å². The van der Waals surface area contributed by atoms with Crippen LogP contribution in [0, 0.1) is 5.82 Å². The van der Waals surface area contributed by atoms with Gasteiger partial charge in [-0.05, 0) is 17.7 Å². The van der Waals surface area contributed by atoms with Crippen molar-refractivity contribution in [2.45, 2.75) is 18.7 Å². The van der Waals surface area contributed by atoms with Crippen molar-refractivity contribution in [2.24, 2.45) is 7.05 Å². The fourth-order valence-corrected chi connectivity index (χ4v) is 1.77. The Labute approximate surface area is 111 Å². The first kappa shape index (κ1) is 14.4. The molecule has 0 aliphatic carbocycles. The van der Waals surface area contributed by atoms with Crippen molar-refractivity contribution in [2.75, 3.05) is 0 Å². The van der Waals surface area contributed by atoms with Crippen molar-refractivity contribution >= 4 is 0 Å². The maximum Gasteiger partial charge on any atom is 0.419 e. The molecule has 0 saturated carbocycles. The van der Waals surface area contributed by atoms with Gasteiger partial charge in [-0.1, -0.05) is 11.3 Å². The minimum atomic E-state index is -4.80. The van der Waals surface area contributed by atoms with Crippen molar-refractivity contribution in [3.63, 3.8) is 0 Å². The molecule has 0 bridgehead atoms. The molecule has 108 valence electrons. The first-order valence-electron chi connectivity index (χ1n) is 5.67. The highest BCUT2D eigenvalue weighted by molar-refractivity contribution is 5.29. The van der Waals surface area contributed by atoms with Crippen LogP contribution in [0.5, 0.6) is 0 Å². The third-order valence-electron chi connectivity index (χ3n) is 2.73. The highest BCUT2D eigenvalue weighted by atomic mass is 19.4. The van der Waals surface area contributed by atoms with E-state index in [9.17, 15) is 22.7 Å². The molecule has 0 amide bonds. The van der Waals surface area contributed by atoms with Crippen molar-refractivity contribution < 1.29 is 22.7 Å². The summed E-state index contributed by atoms with van der Waals surface area (Å²) in [6.07, 6.45) is -4.48. The zero-order chi connectivity index (χ0) is 14.9. The number of alkyl halides is 3. The molecule has 20 heavy (non-hydrogen) atoms. The highest BCUT2D eigenvalue weighted by Gasteiger charge is 2.34. The predicted molar refractivity (Wildman–Crippen MR) is 61.1 cm³/mol. The third kappa shape index (κ3) is 3.13. The molecule has 8 heteroatoms. The maximum atomic E-state index is 13.1. The quantitative estimate of drug-likeness (QED) is 0.882. The van der Waals surface area contributed by atoms with Gasteiger partial charge >= 0.3 is 6.18 Å². The summed E-state index contributed by atoms with van der Waals surface area (Å²) < 4.78 is 52.3. The van der Waals surface area contributed by atoms with E-state index in [-0.39, 0.29) is 12.0 Å². The van der Waals surface area contributed by atoms with Crippen LogP contribution in [0.15, 0.2) is 24.4 Å². The number of nitrogens with zero attached hydrogens (tertiary/aromatic N) is 3. The summed E-state index contributed by atoms with van der Waals surface area (Å²) in [7, 11) is 1.63. The Kier molecular flexibility index (Phi) is 3.76. The lowest BCUT2D eigenvalue weighted by atomic mass is 10.0. The molecule has 1 aromatic heterocycles. The van der Waals surface area contributed by atoms with Gasteiger partial charge < -0.3 is 5.11 Å². The highest BCUT2D eigenvalue weighted by Crippen LogP contribution is 2.33. The van der Waals surface area contributed by atoms with Gasteiger partial charge in [0, 0.05) is 19.7 Å². The van der Waals surface area contributed by atoms with Gasteiger partial charge in [-0.2, -0.15) is 13.2 Å². The third-order valence-corrected chi connectivity index (χ3v) is 2.73. The van der Waals surface area contributed by atoms with E-state index >= 15 is 0 Å². The molecule has 1 unspecified atom stereocenters.